The minimum Gasteiger partial charge on any atom is -0.289 e. The van der Waals surface area contributed by atoms with Crippen LogP contribution in [0.3, 0.4) is 0 Å². The second-order valence-corrected chi connectivity index (χ2v) is 4.61. The lowest BCUT2D eigenvalue weighted by Gasteiger charge is -2.08. The summed E-state index contributed by atoms with van der Waals surface area (Å²) < 4.78 is 13.1. The maximum atomic E-state index is 13.1. The van der Waals surface area contributed by atoms with E-state index in [-0.39, 0.29) is 10.8 Å². The summed E-state index contributed by atoms with van der Waals surface area (Å²) in [4.78, 5) is 12.3. The summed E-state index contributed by atoms with van der Waals surface area (Å²) >= 11 is 5.69. The summed E-state index contributed by atoms with van der Waals surface area (Å²) in [6.07, 6.45) is 0. The molecule has 0 radical (unpaired) electrons. The Balaban J connectivity index is 2.48. The number of carbonyl (C=O) groups is 1. The van der Waals surface area contributed by atoms with Crippen LogP contribution in [0.1, 0.15) is 27.0 Å². The molecule has 0 amide bonds. The first-order valence-electron chi connectivity index (χ1n) is 5.56. The molecule has 0 N–H and O–H groups in total. The molecule has 1 nitrogen and oxygen atoms in total. The molecule has 0 heterocycles. The van der Waals surface area contributed by atoms with Gasteiger partial charge in [0, 0.05) is 11.1 Å². The number of hydrogen-bond donors (Lipinski definition) is 0. The monoisotopic (exact) mass is 262 g/mol. The smallest absolute Gasteiger partial charge is 0.193 e. The molecular weight excluding hydrogens is 251 g/mol. The van der Waals surface area contributed by atoms with Gasteiger partial charge in [0.2, 0.25) is 0 Å². The third kappa shape index (κ3) is 2.29. The number of rotatable bonds is 2. The highest BCUT2D eigenvalue weighted by atomic mass is 35.5. The van der Waals surface area contributed by atoms with Crippen molar-refractivity contribution < 1.29 is 9.18 Å². The fourth-order valence-electron chi connectivity index (χ4n) is 1.79. The van der Waals surface area contributed by atoms with Gasteiger partial charge in [-0.05, 0) is 43.2 Å². The Morgan fingerprint density at radius 3 is 2.56 bits per heavy atom. The largest absolute Gasteiger partial charge is 0.289 e. The van der Waals surface area contributed by atoms with E-state index in [1.807, 2.05) is 26.0 Å². The highest BCUT2D eigenvalue weighted by molar-refractivity contribution is 6.31. The fourth-order valence-corrected chi connectivity index (χ4v) is 1.97. The Morgan fingerprint density at radius 1 is 1.17 bits per heavy atom. The quantitative estimate of drug-likeness (QED) is 0.737. The number of benzene rings is 2. The summed E-state index contributed by atoms with van der Waals surface area (Å²) in [6.45, 7) is 3.84. The summed E-state index contributed by atoms with van der Waals surface area (Å²) in [7, 11) is 0. The van der Waals surface area contributed by atoms with Crippen molar-refractivity contribution in [3.8, 4) is 0 Å². The lowest BCUT2D eigenvalue weighted by molar-refractivity contribution is 0.103. The van der Waals surface area contributed by atoms with Gasteiger partial charge in [0.1, 0.15) is 5.82 Å². The summed E-state index contributed by atoms with van der Waals surface area (Å²) in [5.74, 6) is -0.660. The van der Waals surface area contributed by atoms with Gasteiger partial charge >= 0.3 is 0 Å². The van der Waals surface area contributed by atoms with Crippen molar-refractivity contribution in [2.24, 2.45) is 0 Å². The van der Waals surface area contributed by atoms with E-state index < -0.39 is 5.82 Å². The molecule has 0 saturated carbocycles. The number of carbonyl (C=O) groups excluding carboxylic acids is 1. The van der Waals surface area contributed by atoms with Gasteiger partial charge in [-0.1, -0.05) is 29.8 Å². The van der Waals surface area contributed by atoms with Crippen molar-refractivity contribution in [2.75, 3.05) is 0 Å². The first kappa shape index (κ1) is 12.8. The molecule has 0 fully saturated rings. The van der Waals surface area contributed by atoms with Gasteiger partial charge in [-0.25, -0.2) is 4.39 Å². The zero-order chi connectivity index (χ0) is 13.3. The molecule has 0 aliphatic rings. The van der Waals surface area contributed by atoms with Crippen molar-refractivity contribution in [3.63, 3.8) is 0 Å². The van der Waals surface area contributed by atoms with Crippen molar-refractivity contribution >= 4 is 17.4 Å². The van der Waals surface area contributed by atoms with E-state index in [9.17, 15) is 9.18 Å². The van der Waals surface area contributed by atoms with E-state index in [1.165, 1.54) is 18.2 Å². The molecule has 0 aliphatic heterocycles. The molecule has 0 unspecified atom stereocenters. The van der Waals surface area contributed by atoms with Crippen LogP contribution in [0.4, 0.5) is 4.39 Å². The molecular formula is C15H12ClFO. The van der Waals surface area contributed by atoms with Gasteiger partial charge in [-0.15, -0.1) is 0 Å². The van der Waals surface area contributed by atoms with Gasteiger partial charge in [-0.3, -0.25) is 4.79 Å². The maximum Gasteiger partial charge on any atom is 0.193 e. The molecule has 0 spiro atoms. The molecule has 2 aromatic rings. The molecule has 2 aromatic carbocycles. The van der Waals surface area contributed by atoms with E-state index in [1.54, 1.807) is 6.07 Å². The highest BCUT2D eigenvalue weighted by Crippen LogP contribution is 2.21. The molecule has 0 aromatic heterocycles. The maximum absolute atomic E-state index is 13.1. The van der Waals surface area contributed by atoms with Crippen LogP contribution >= 0.6 is 11.6 Å². The molecule has 0 aliphatic carbocycles. The Kier molecular flexibility index (Phi) is 3.48. The van der Waals surface area contributed by atoms with Gasteiger partial charge < -0.3 is 0 Å². The lowest BCUT2D eigenvalue weighted by Crippen LogP contribution is -2.05. The standard InChI is InChI=1S/C15H12ClFO/c1-9-4-3-5-12(10(9)2)15(18)11-6-7-14(17)13(16)8-11/h3-8H,1-2H3. The fraction of sp³-hybridized carbons (Fsp3) is 0.133. The molecule has 0 saturated heterocycles. The van der Waals surface area contributed by atoms with Gasteiger partial charge in [0.15, 0.2) is 5.78 Å². The van der Waals surface area contributed by atoms with Crippen molar-refractivity contribution in [2.45, 2.75) is 13.8 Å². The molecule has 92 valence electrons. The Labute approximate surface area is 110 Å². The van der Waals surface area contributed by atoms with Crippen LogP contribution in [0.15, 0.2) is 36.4 Å². The highest BCUT2D eigenvalue weighted by Gasteiger charge is 2.14. The minimum atomic E-state index is -0.519. The summed E-state index contributed by atoms with van der Waals surface area (Å²) in [5.41, 5.74) is 3.00. The second kappa shape index (κ2) is 4.91. The molecule has 18 heavy (non-hydrogen) atoms. The van der Waals surface area contributed by atoms with Crippen LogP contribution in [0.5, 0.6) is 0 Å². The van der Waals surface area contributed by atoms with Crippen molar-refractivity contribution in [3.05, 3.63) is 69.5 Å². The number of halogens is 2. The number of hydrogen-bond acceptors (Lipinski definition) is 1. The Hall–Kier alpha value is -1.67. The third-order valence-electron chi connectivity index (χ3n) is 3.03. The average Bonchev–Trinajstić information content (AvgIpc) is 2.35. The summed E-state index contributed by atoms with van der Waals surface area (Å²) in [5, 5.41) is -0.0360. The Bertz CT molecular complexity index is 620. The minimum absolute atomic E-state index is 0.0360. The topological polar surface area (TPSA) is 17.1 Å². The van der Waals surface area contributed by atoms with E-state index in [0.29, 0.717) is 11.1 Å². The van der Waals surface area contributed by atoms with Crippen LogP contribution in [0.2, 0.25) is 5.02 Å². The van der Waals surface area contributed by atoms with Gasteiger partial charge in [-0.2, -0.15) is 0 Å². The van der Waals surface area contributed by atoms with Crippen molar-refractivity contribution in [1.82, 2.24) is 0 Å². The van der Waals surface area contributed by atoms with Gasteiger partial charge in [0.05, 0.1) is 5.02 Å². The molecule has 0 atom stereocenters. The van der Waals surface area contributed by atoms with Crippen LogP contribution in [-0.4, -0.2) is 5.78 Å². The van der Waals surface area contributed by atoms with Crippen LogP contribution < -0.4 is 0 Å². The molecule has 0 bridgehead atoms. The number of aryl methyl sites for hydroxylation is 1. The zero-order valence-electron chi connectivity index (χ0n) is 10.1. The van der Waals surface area contributed by atoms with Crippen LogP contribution in [-0.2, 0) is 0 Å². The predicted molar refractivity (Wildman–Crippen MR) is 70.8 cm³/mol. The average molecular weight is 263 g/mol. The number of ketones is 1. The zero-order valence-corrected chi connectivity index (χ0v) is 10.9. The first-order valence-corrected chi connectivity index (χ1v) is 5.94. The molecule has 3 heteroatoms. The van der Waals surface area contributed by atoms with Crippen LogP contribution in [0, 0.1) is 19.7 Å². The Morgan fingerprint density at radius 2 is 1.89 bits per heavy atom. The SMILES string of the molecule is Cc1cccc(C(=O)c2ccc(F)c(Cl)c2)c1C. The predicted octanol–water partition coefficient (Wildman–Crippen LogP) is 4.33. The lowest BCUT2D eigenvalue weighted by atomic mass is 9.96. The van der Waals surface area contributed by atoms with E-state index in [2.05, 4.69) is 0 Å². The van der Waals surface area contributed by atoms with Crippen LogP contribution in [0.25, 0.3) is 0 Å². The van der Waals surface area contributed by atoms with Crippen molar-refractivity contribution in [1.29, 1.82) is 0 Å². The second-order valence-electron chi connectivity index (χ2n) is 4.21. The third-order valence-corrected chi connectivity index (χ3v) is 3.32. The van der Waals surface area contributed by atoms with E-state index in [4.69, 9.17) is 11.6 Å². The van der Waals surface area contributed by atoms with E-state index >= 15 is 0 Å². The normalized spacial score (nSPS) is 10.4. The van der Waals surface area contributed by atoms with E-state index in [0.717, 1.165) is 11.1 Å². The van der Waals surface area contributed by atoms with Gasteiger partial charge in [0.25, 0.3) is 0 Å². The molecule has 2 rings (SSSR count). The first-order chi connectivity index (χ1) is 8.50. The summed E-state index contributed by atoms with van der Waals surface area (Å²) in [6, 6.07) is 9.57.